The highest BCUT2D eigenvalue weighted by molar-refractivity contribution is 6.31. The summed E-state index contributed by atoms with van der Waals surface area (Å²) in [6, 6.07) is 18.1. The Kier molecular flexibility index (Phi) is 7.25. The Hall–Kier alpha value is -3.38. The maximum absolute atomic E-state index is 14.2. The van der Waals surface area contributed by atoms with Gasteiger partial charge in [0, 0.05) is 35.1 Å². The first-order valence-electron chi connectivity index (χ1n) is 10.9. The summed E-state index contributed by atoms with van der Waals surface area (Å²) in [6.07, 6.45) is 2.90. The molecular formula is C26H24ClFN2O3. The van der Waals surface area contributed by atoms with E-state index in [1.54, 1.807) is 23.1 Å². The lowest BCUT2D eigenvalue weighted by molar-refractivity contribution is 0.0894. The van der Waals surface area contributed by atoms with Crippen molar-refractivity contribution in [3.05, 3.63) is 94.3 Å². The van der Waals surface area contributed by atoms with E-state index in [2.05, 4.69) is 5.32 Å². The third-order valence-corrected chi connectivity index (χ3v) is 5.79. The fourth-order valence-corrected chi connectivity index (χ4v) is 3.93. The Balaban J connectivity index is 1.44. The number of piperidine rings is 1. The number of benzene rings is 3. The van der Waals surface area contributed by atoms with Crippen molar-refractivity contribution in [3.8, 4) is 0 Å². The summed E-state index contributed by atoms with van der Waals surface area (Å²) in [5.74, 6) is -1.05. The van der Waals surface area contributed by atoms with Crippen LogP contribution in [0.15, 0.2) is 66.7 Å². The fourth-order valence-electron chi connectivity index (χ4n) is 3.76. The maximum atomic E-state index is 14.2. The van der Waals surface area contributed by atoms with Crippen LogP contribution in [-0.4, -0.2) is 29.9 Å². The Morgan fingerprint density at radius 3 is 2.39 bits per heavy atom. The minimum atomic E-state index is -0.586. The van der Waals surface area contributed by atoms with Crippen molar-refractivity contribution in [1.29, 1.82) is 0 Å². The van der Waals surface area contributed by atoms with E-state index in [-0.39, 0.29) is 23.8 Å². The molecule has 0 spiro atoms. The molecule has 0 atom stereocenters. The van der Waals surface area contributed by atoms with Crippen LogP contribution in [0.2, 0.25) is 5.02 Å². The predicted molar refractivity (Wildman–Crippen MR) is 127 cm³/mol. The summed E-state index contributed by atoms with van der Waals surface area (Å²) in [6.45, 7) is 1.68. The number of carbonyl (C=O) groups excluding carboxylic acids is 2. The van der Waals surface area contributed by atoms with Crippen molar-refractivity contribution in [2.45, 2.75) is 25.9 Å². The highest BCUT2D eigenvalue weighted by Crippen LogP contribution is 2.27. The first kappa shape index (κ1) is 22.8. The maximum Gasteiger partial charge on any atom is 0.410 e. The molecule has 0 aliphatic carbocycles. The first-order chi connectivity index (χ1) is 16.0. The predicted octanol–water partition coefficient (Wildman–Crippen LogP) is 6.58. The monoisotopic (exact) mass is 466 g/mol. The fraction of sp³-hybridized carbons (Fsp3) is 0.231. The summed E-state index contributed by atoms with van der Waals surface area (Å²) in [5, 5.41) is 3.58. The normalized spacial score (nSPS) is 13.5. The van der Waals surface area contributed by atoms with Gasteiger partial charge in [0.05, 0.1) is 5.56 Å². The van der Waals surface area contributed by atoms with Gasteiger partial charge in [-0.2, -0.15) is 0 Å². The highest BCUT2D eigenvalue weighted by atomic mass is 35.5. The van der Waals surface area contributed by atoms with Gasteiger partial charge in [-0.25, -0.2) is 9.18 Å². The van der Waals surface area contributed by atoms with Gasteiger partial charge in [0.1, 0.15) is 12.4 Å². The summed E-state index contributed by atoms with van der Waals surface area (Å²) in [5.41, 5.74) is 2.34. The molecule has 1 amide bonds. The van der Waals surface area contributed by atoms with E-state index >= 15 is 0 Å². The third kappa shape index (κ3) is 5.71. The Bertz CT molecular complexity index is 1140. The molecule has 1 aliphatic rings. The average Bonchev–Trinajstić information content (AvgIpc) is 2.85. The first-order valence-corrected chi connectivity index (χ1v) is 11.3. The van der Waals surface area contributed by atoms with Gasteiger partial charge in [-0.15, -0.1) is 0 Å². The number of rotatable bonds is 6. The molecule has 170 valence electrons. The van der Waals surface area contributed by atoms with Crippen molar-refractivity contribution >= 4 is 34.9 Å². The molecule has 1 N–H and O–H groups in total. The van der Waals surface area contributed by atoms with Crippen LogP contribution in [0.25, 0.3) is 0 Å². The van der Waals surface area contributed by atoms with Gasteiger partial charge >= 0.3 is 6.09 Å². The van der Waals surface area contributed by atoms with Crippen LogP contribution in [0.4, 0.5) is 20.6 Å². The number of halogens is 2. The van der Waals surface area contributed by atoms with E-state index in [4.69, 9.17) is 16.3 Å². The Morgan fingerprint density at radius 2 is 1.67 bits per heavy atom. The molecule has 3 aromatic rings. The summed E-state index contributed by atoms with van der Waals surface area (Å²) in [4.78, 5) is 26.9. The topological polar surface area (TPSA) is 58.6 Å². The summed E-state index contributed by atoms with van der Waals surface area (Å²) in [7, 11) is 0. The lowest BCUT2D eigenvalue weighted by Crippen LogP contribution is -2.35. The van der Waals surface area contributed by atoms with Crippen LogP contribution >= 0.6 is 11.6 Å². The van der Waals surface area contributed by atoms with E-state index in [0.29, 0.717) is 10.7 Å². The molecule has 4 rings (SSSR count). The Morgan fingerprint density at radius 1 is 0.939 bits per heavy atom. The van der Waals surface area contributed by atoms with Gasteiger partial charge in [-0.1, -0.05) is 35.9 Å². The number of likely N-dealkylation sites (tertiary alicyclic amines) is 1. The van der Waals surface area contributed by atoms with E-state index in [1.807, 2.05) is 24.3 Å². The molecule has 7 heteroatoms. The zero-order valence-corrected chi connectivity index (χ0v) is 18.8. The molecule has 33 heavy (non-hydrogen) atoms. The van der Waals surface area contributed by atoms with Crippen LogP contribution in [0.5, 0.6) is 0 Å². The van der Waals surface area contributed by atoms with Crippen LogP contribution in [0.3, 0.4) is 0 Å². The zero-order valence-electron chi connectivity index (χ0n) is 18.0. The van der Waals surface area contributed by atoms with Crippen molar-refractivity contribution < 1.29 is 18.7 Å². The van der Waals surface area contributed by atoms with Crippen LogP contribution in [0, 0.1) is 5.82 Å². The zero-order chi connectivity index (χ0) is 23.2. The number of amides is 1. The van der Waals surface area contributed by atoms with E-state index < -0.39 is 11.6 Å². The number of ketones is 1. The van der Waals surface area contributed by atoms with Gasteiger partial charge in [0.15, 0.2) is 5.78 Å². The SMILES string of the molecule is O=C(c1ccccc1F)c1cc(Cl)ccc1Nc1ccc(COC(=O)N2CCCCC2)cc1. The van der Waals surface area contributed by atoms with E-state index in [0.717, 1.165) is 43.6 Å². The smallest absolute Gasteiger partial charge is 0.410 e. The Labute approximate surface area is 197 Å². The van der Waals surface area contributed by atoms with Crippen molar-refractivity contribution in [2.75, 3.05) is 18.4 Å². The van der Waals surface area contributed by atoms with Crippen molar-refractivity contribution in [3.63, 3.8) is 0 Å². The van der Waals surface area contributed by atoms with Gasteiger partial charge in [0.25, 0.3) is 0 Å². The number of carbonyl (C=O) groups is 2. The van der Waals surface area contributed by atoms with Crippen molar-refractivity contribution in [1.82, 2.24) is 4.90 Å². The lowest BCUT2D eigenvalue weighted by atomic mass is 10.0. The average molecular weight is 467 g/mol. The molecule has 0 unspecified atom stereocenters. The number of anilines is 2. The molecule has 0 bridgehead atoms. The molecule has 1 fully saturated rings. The molecule has 1 heterocycles. The molecular weight excluding hydrogens is 443 g/mol. The van der Waals surface area contributed by atoms with Gasteiger partial charge in [-0.3, -0.25) is 4.79 Å². The minimum absolute atomic E-state index is 0.0197. The quantitative estimate of drug-likeness (QED) is 0.417. The number of ether oxygens (including phenoxy) is 1. The molecule has 0 saturated carbocycles. The van der Waals surface area contributed by atoms with Crippen LogP contribution in [0.1, 0.15) is 40.7 Å². The molecule has 1 aliphatic heterocycles. The van der Waals surface area contributed by atoms with Gasteiger partial charge in [-0.05, 0) is 67.3 Å². The second-order valence-corrected chi connectivity index (χ2v) is 8.36. The summed E-state index contributed by atoms with van der Waals surface area (Å²) < 4.78 is 19.6. The molecule has 0 radical (unpaired) electrons. The number of hydrogen-bond donors (Lipinski definition) is 1. The van der Waals surface area contributed by atoms with Gasteiger partial charge in [0.2, 0.25) is 0 Å². The second-order valence-electron chi connectivity index (χ2n) is 7.92. The lowest BCUT2D eigenvalue weighted by Gasteiger charge is -2.25. The number of hydrogen-bond acceptors (Lipinski definition) is 4. The molecule has 1 saturated heterocycles. The van der Waals surface area contributed by atoms with Gasteiger partial charge < -0.3 is 15.0 Å². The molecule has 5 nitrogen and oxygen atoms in total. The second kappa shape index (κ2) is 10.5. The highest BCUT2D eigenvalue weighted by Gasteiger charge is 2.19. The number of nitrogens with zero attached hydrogens (tertiary/aromatic N) is 1. The van der Waals surface area contributed by atoms with Crippen LogP contribution < -0.4 is 5.32 Å². The van der Waals surface area contributed by atoms with E-state index in [9.17, 15) is 14.0 Å². The standard InChI is InChI=1S/C26H24ClFN2O3/c27-19-10-13-24(22(16-19)25(31)21-6-2-3-7-23(21)28)29-20-11-8-18(9-12-20)17-33-26(32)30-14-4-1-5-15-30/h2-3,6-13,16,29H,1,4-5,14-15,17H2. The molecule has 0 aromatic heterocycles. The van der Waals surface area contributed by atoms with E-state index in [1.165, 1.54) is 24.3 Å². The molecule has 3 aromatic carbocycles. The van der Waals surface area contributed by atoms with Crippen molar-refractivity contribution in [2.24, 2.45) is 0 Å². The number of nitrogens with one attached hydrogen (secondary N) is 1. The summed E-state index contributed by atoms with van der Waals surface area (Å²) >= 11 is 6.11. The van der Waals surface area contributed by atoms with Crippen LogP contribution in [-0.2, 0) is 11.3 Å². The largest absolute Gasteiger partial charge is 0.445 e. The minimum Gasteiger partial charge on any atom is -0.445 e. The third-order valence-electron chi connectivity index (χ3n) is 5.55.